The molecule has 70 heavy (non-hydrogen) atoms. The second-order valence-corrected chi connectivity index (χ2v) is 20.0. The minimum absolute atomic E-state index is 0.0181. The number of methoxy groups -OCH3 is 3. The molecule has 2 bridgehead atoms. The molecule has 1 saturated carbocycles. The number of allylic oxidation sites excluding steroid dienone is 3. The number of ether oxygens (including phenoxy) is 6. The van der Waals surface area contributed by atoms with Crippen LogP contribution in [0.3, 0.4) is 0 Å². The average Bonchev–Trinajstić information content (AvgIpc) is 3.30. The largest absolute Gasteiger partial charge is 0.488 e. The fourth-order valence-corrected chi connectivity index (χ4v) is 10.7. The Hall–Kier alpha value is -3.88. The van der Waals surface area contributed by atoms with Gasteiger partial charge in [-0.2, -0.15) is 26.3 Å². The lowest BCUT2D eigenvalue weighted by Crippen LogP contribution is -2.64. The van der Waals surface area contributed by atoms with E-state index in [9.17, 15) is 55.7 Å². The van der Waals surface area contributed by atoms with Crippen LogP contribution < -0.4 is 4.74 Å². The summed E-state index contributed by atoms with van der Waals surface area (Å²) in [7, 11) is 4.31. The number of fused-ring (bicyclic) bond motifs is 3. The Balaban J connectivity index is 1.48. The van der Waals surface area contributed by atoms with E-state index in [0.717, 1.165) is 10.5 Å². The zero-order valence-electron chi connectivity index (χ0n) is 41.6. The fraction of sp³-hybridized carbons (Fsp3) is 0.725. The van der Waals surface area contributed by atoms with Crippen LogP contribution in [0.5, 0.6) is 5.75 Å². The zero-order chi connectivity index (χ0) is 52.0. The highest BCUT2D eigenvalue weighted by Crippen LogP contribution is 2.42. The topological polar surface area (TPSA) is 167 Å². The van der Waals surface area contributed by atoms with Crippen LogP contribution in [0.2, 0.25) is 0 Å². The second kappa shape index (κ2) is 23.8. The van der Waals surface area contributed by atoms with Crippen LogP contribution in [0.1, 0.15) is 123 Å². The molecule has 3 aliphatic heterocycles. The maximum Gasteiger partial charge on any atom is 0.416 e. The van der Waals surface area contributed by atoms with E-state index in [0.29, 0.717) is 56.2 Å². The van der Waals surface area contributed by atoms with Crippen LogP contribution in [-0.2, 0) is 55.2 Å². The second-order valence-electron chi connectivity index (χ2n) is 20.0. The van der Waals surface area contributed by atoms with E-state index in [1.54, 1.807) is 26.8 Å². The molecular formula is C51H71F6NO12. The summed E-state index contributed by atoms with van der Waals surface area (Å²) >= 11 is 0. The van der Waals surface area contributed by atoms with Gasteiger partial charge in [0, 0.05) is 52.0 Å². The molecule has 1 amide bonds. The molecule has 14 unspecified atom stereocenters. The zero-order valence-corrected chi connectivity index (χ0v) is 41.6. The summed E-state index contributed by atoms with van der Waals surface area (Å²) in [5.41, 5.74) is -1.68. The predicted octanol–water partition coefficient (Wildman–Crippen LogP) is 8.60. The van der Waals surface area contributed by atoms with Crippen LogP contribution in [0.4, 0.5) is 26.3 Å². The SMILES string of the molecule is CCC1/C=C(\C)CC(C)CC(OC)C2OC(O)(C(=O)C(=O)N3CCCCC3C(=O)OC(C(C)=CC3CCC(Oc4cc(C(F)(F)F)cc(C(F)(F)F)c4)C(OC)C3)C(C)C(O)CC1=O)C(C)CC2OC. The molecule has 19 heteroatoms. The van der Waals surface area contributed by atoms with Gasteiger partial charge >= 0.3 is 18.3 Å². The van der Waals surface area contributed by atoms with Crippen molar-refractivity contribution in [2.24, 2.45) is 29.6 Å². The number of carbonyl (C=O) groups is 4. The van der Waals surface area contributed by atoms with Crippen molar-refractivity contribution in [3.05, 3.63) is 52.6 Å². The van der Waals surface area contributed by atoms with Gasteiger partial charge in [-0.05, 0) is 114 Å². The summed E-state index contributed by atoms with van der Waals surface area (Å²) in [5.74, 6) is -9.52. The first kappa shape index (κ1) is 57.0. The number of benzene rings is 1. The van der Waals surface area contributed by atoms with Crippen molar-refractivity contribution in [3.63, 3.8) is 0 Å². The van der Waals surface area contributed by atoms with Crippen LogP contribution in [0.15, 0.2) is 41.5 Å². The minimum Gasteiger partial charge on any atom is -0.488 e. The number of carbonyl (C=O) groups excluding carboxylic acids is 4. The molecule has 0 radical (unpaired) electrons. The summed E-state index contributed by atoms with van der Waals surface area (Å²) in [4.78, 5) is 58.2. The highest BCUT2D eigenvalue weighted by molar-refractivity contribution is 6.39. The van der Waals surface area contributed by atoms with Crippen molar-refractivity contribution < 1.29 is 84.2 Å². The van der Waals surface area contributed by atoms with Gasteiger partial charge in [0.2, 0.25) is 5.79 Å². The number of hydrogen-bond donors (Lipinski definition) is 2. The van der Waals surface area contributed by atoms with Crippen LogP contribution in [-0.4, -0.2) is 121 Å². The number of esters is 1. The van der Waals surface area contributed by atoms with Crippen LogP contribution in [0, 0.1) is 29.6 Å². The lowest BCUT2D eigenvalue weighted by atomic mass is 9.81. The molecule has 13 nitrogen and oxygen atoms in total. The van der Waals surface area contributed by atoms with Gasteiger partial charge in [-0.25, -0.2) is 4.79 Å². The number of hydrogen-bond acceptors (Lipinski definition) is 12. The third-order valence-corrected chi connectivity index (χ3v) is 14.7. The standard InChI is InChI=1S/C51H71F6NO12/c1-10-33-18-27(2)17-28(3)19-42(66-8)45-43(67-9)21-30(5)49(64,70-45)46(61)47(62)58-16-12-11-13-37(58)48(63)69-44(31(6)38(59)26-39(33)60)29(4)20-32-14-15-40(41(22-32)65-7)68-36-24-34(50(52,53)54)23-35(25-36)51(55,56)57/h18,20,23-25,28,30-33,37-38,40-45,59,64H,10-17,19,21-22,26H2,1-9H3/b27-18+,29-20?. The van der Waals surface area contributed by atoms with Crippen molar-refractivity contribution >= 4 is 23.4 Å². The first-order valence-electron chi connectivity index (χ1n) is 24.3. The third kappa shape index (κ3) is 13.6. The number of aliphatic hydroxyl groups excluding tert-OH is 1. The number of nitrogens with zero attached hydrogens (tertiary/aromatic N) is 1. The lowest BCUT2D eigenvalue weighted by molar-refractivity contribution is -0.302. The molecule has 2 N–H and O–H groups in total. The highest BCUT2D eigenvalue weighted by Gasteiger charge is 2.57. The van der Waals surface area contributed by atoms with Crippen molar-refractivity contribution in [1.29, 1.82) is 0 Å². The maximum absolute atomic E-state index is 14.5. The van der Waals surface area contributed by atoms with Crippen LogP contribution >= 0.6 is 0 Å². The Labute approximate surface area is 406 Å². The molecule has 1 aromatic carbocycles. The summed E-state index contributed by atoms with van der Waals surface area (Å²) in [6.45, 7) is 10.6. The molecular weight excluding hydrogens is 933 g/mol. The van der Waals surface area contributed by atoms with Gasteiger partial charge < -0.3 is 43.5 Å². The third-order valence-electron chi connectivity index (χ3n) is 14.7. The minimum atomic E-state index is -5.07. The monoisotopic (exact) mass is 1000 g/mol. The molecule has 0 spiro atoms. The molecule has 2 saturated heterocycles. The predicted molar refractivity (Wildman–Crippen MR) is 243 cm³/mol. The maximum atomic E-state index is 14.5. The van der Waals surface area contributed by atoms with Gasteiger partial charge in [0.15, 0.2) is 0 Å². The smallest absolute Gasteiger partial charge is 0.416 e. The lowest BCUT2D eigenvalue weighted by Gasteiger charge is -2.47. The van der Waals surface area contributed by atoms with E-state index >= 15 is 0 Å². The molecule has 5 rings (SSSR count). The normalized spacial score (nSPS) is 36.1. The Kier molecular flexibility index (Phi) is 19.4. The quantitative estimate of drug-likeness (QED) is 0.110. The molecule has 3 heterocycles. The van der Waals surface area contributed by atoms with Crippen molar-refractivity contribution in [2.45, 2.75) is 179 Å². The number of Topliss-reactive ketones (excluding diaryl/α,β-unsaturated/α-hetero) is 2. The van der Waals surface area contributed by atoms with Gasteiger partial charge in [-0.1, -0.05) is 45.4 Å². The number of aliphatic hydroxyl groups is 2. The Morgan fingerprint density at radius 3 is 2.04 bits per heavy atom. The van der Waals surface area contributed by atoms with Gasteiger partial charge in [0.05, 0.1) is 35.5 Å². The van der Waals surface area contributed by atoms with E-state index in [1.165, 1.54) is 21.3 Å². The number of halogens is 6. The van der Waals surface area contributed by atoms with Gasteiger partial charge in [-0.15, -0.1) is 0 Å². The Morgan fingerprint density at radius 1 is 0.843 bits per heavy atom. The highest BCUT2D eigenvalue weighted by atomic mass is 19.4. The van der Waals surface area contributed by atoms with E-state index in [1.807, 2.05) is 26.8 Å². The summed E-state index contributed by atoms with van der Waals surface area (Å²) in [6, 6.07) is -0.232. The first-order valence-corrected chi connectivity index (χ1v) is 24.3. The van der Waals surface area contributed by atoms with E-state index < -0.39 is 119 Å². The number of rotatable bonds is 8. The average molecular weight is 1000 g/mol. The Morgan fingerprint density at radius 2 is 1.46 bits per heavy atom. The number of amides is 1. The van der Waals surface area contributed by atoms with Crippen molar-refractivity contribution in [2.75, 3.05) is 27.9 Å². The number of ketones is 2. The van der Waals surface area contributed by atoms with Crippen LogP contribution in [0.25, 0.3) is 0 Å². The van der Waals surface area contributed by atoms with Crippen molar-refractivity contribution in [1.82, 2.24) is 4.90 Å². The van der Waals surface area contributed by atoms with Crippen molar-refractivity contribution in [3.8, 4) is 5.75 Å². The first-order chi connectivity index (χ1) is 32.7. The van der Waals surface area contributed by atoms with E-state index in [2.05, 4.69) is 0 Å². The number of piperidine rings is 1. The number of alkyl halides is 6. The van der Waals surface area contributed by atoms with Gasteiger partial charge in [0.1, 0.15) is 35.9 Å². The van der Waals surface area contributed by atoms with Gasteiger partial charge in [-0.3, -0.25) is 14.4 Å². The number of cyclic esters (lactones) is 1. The molecule has 394 valence electrons. The molecule has 3 fully saturated rings. The molecule has 1 aromatic rings. The summed E-state index contributed by atoms with van der Waals surface area (Å²) in [6.07, 6.45) is -10.1. The fourth-order valence-electron chi connectivity index (χ4n) is 10.7. The molecule has 14 atom stereocenters. The van der Waals surface area contributed by atoms with E-state index in [4.69, 9.17) is 28.4 Å². The molecule has 4 aliphatic rings. The summed E-state index contributed by atoms with van der Waals surface area (Å²) in [5, 5.41) is 23.9. The van der Waals surface area contributed by atoms with Gasteiger partial charge in [0.25, 0.3) is 11.7 Å². The Bertz CT molecular complexity index is 2030. The molecule has 0 aromatic heterocycles. The summed E-state index contributed by atoms with van der Waals surface area (Å²) < 4.78 is 118. The molecule has 1 aliphatic carbocycles. The van der Waals surface area contributed by atoms with E-state index in [-0.39, 0.29) is 62.3 Å².